The monoisotopic (exact) mass is 290 g/mol. The maximum absolute atomic E-state index is 13.7. The first-order valence-corrected chi connectivity index (χ1v) is 6.32. The number of hydrogen-bond acceptors (Lipinski definition) is 4. The minimum Gasteiger partial charge on any atom is -0.495 e. The molecule has 2 aromatic rings. The summed E-state index contributed by atoms with van der Waals surface area (Å²) in [7, 11) is 1.47. The number of benzene rings is 2. The zero-order chi connectivity index (χ0) is 15.4. The maximum Gasteiger partial charge on any atom is 0.271 e. The molecule has 0 saturated carbocycles. The third-order valence-corrected chi connectivity index (χ3v) is 3.06. The van der Waals surface area contributed by atoms with Crippen molar-refractivity contribution in [3.05, 3.63) is 63.5 Å². The molecule has 5 nitrogen and oxygen atoms in total. The van der Waals surface area contributed by atoms with Crippen molar-refractivity contribution >= 4 is 11.4 Å². The van der Waals surface area contributed by atoms with E-state index in [0.29, 0.717) is 17.0 Å². The molecule has 0 aliphatic rings. The van der Waals surface area contributed by atoms with Crippen LogP contribution in [0, 0.1) is 22.9 Å². The summed E-state index contributed by atoms with van der Waals surface area (Å²) in [5.41, 5.74) is 1.83. The number of anilines is 1. The number of nitrogens with zero attached hydrogens (tertiary/aromatic N) is 1. The number of non-ortho nitro benzene ring substituents is 1. The molecule has 0 aromatic heterocycles. The van der Waals surface area contributed by atoms with Gasteiger partial charge in [0.25, 0.3) is 5.69 Å². The number of nitro benzene ring substituents is 1. The summed E-state index contributed by atoms with van der Waals surface area (Å²) in [6.07, 6.45) is 0. The van der Waals surface area contributed by atoms with Gasteiger partial charge in [-0.25, -0.2) is 4.39 Å². The number of nitrogens with one attached hydrogen (secondary N) is 1. The van der Waals surface area contributed by atoms with Gasteiger partial charge in [0.2, 0.25) is 0 Å². The van der Waals surface area contributed by atoms with Crippen LogP contribution in [0.1, 0.15) is 11.1 Å². The van der Waals surface area contributed by atoms with E-state index in [-0.39, 0.29) is 18.0 Å². The molecule has 0 amide bonds. The van der Waals surface area contributed by atoms with Crippen LogP contribution >= 0.6 is 0 Å². The lowest BCUT2D eigenvalue weighted by Gasteiger charge is -2.12. The molecule has 110 valence electrons. The van der Waals surface area contributed by atoms with Gasteiger partial charge in [-0.3, -0.25) is 10.1 Å². The Hall–Kier alpha value is -2.63. The quantitative estimate of drug-likeness (QED) is 0.674. The first kappa shape index (κ1) is 14.8. The van der Waals surface area contributed by atoms with Gasteiger partial charge >= 0.3 is 0 Å². The maximum atomic E-state index is 13.7. The van der Waals surface area contributed by atoms with Gasteiger partial charge in [-0.2, -0.15) is 0 Å². The van der Waals surface area contributed by atoms with Gasteiger partial charge in [0.1, 0.15) is 11.6 Å². The minimum atomic E-state index is -0.488. The van der Waals surface area contributed by atoms with Crippen LogP contribution in [-0.2, 0) is 6.54 Å². The van der Waals surface area contributed by atoms with Crippen LogP contribution in [0.5, 0.6) is 5.75 Å². The Morgan fingerprint density at radius 3 is 2.71 bits per heavy atom. The summed E-state index contributed by atoms with van der Waals surface area (Å²) in [6.45, 7) is 2.09. The molecule has 2 aromatic carbocycles. The van der Waals surface area contributed by atoms with Crippen LogP contribution in [0.15, 0.2) is 36.4 Å². The average molecular weight is 290 g/mol. The smallest absolute Gasteiger partial charge is 0.271 e. The second kappa shape index (κ2) is 6.21. The van der Waals surface area contributed by atoms with Crippen molar-refractivity contribution in [2.45, 2.75) is 13.5 Å². The van der Waals surface area contributed by atoms with Gasteiger partial charge in [-0.05, 0) is 19.1 Å². The molecule has 21 heavy (non-hydrogen) atoms. The number of methoxy groups -OCH3 is 1. The lowest BCUT2D eigenvalue weighted by atomic mass is 10.1. The van der Waals surface area contributed by atoms with Crippen LogP contribution in [-0.4, -0.2) is 12.0 Å². The van der Waals surface area contributed by atoms with Crippen molar-refractivity contribution in [2.24, 2.45) is 0 Å². The Balaban J connectivity index is 2.24. The second-order valence-corrected chi connectivity index (χ2v) is 4.59. The van der Waals surface area contributed by atoms with E-state index in [0.717, 1.165) is 5.56 Å². The van der Waals surface area contributed by atoms with E-state index in [1.807, 2.05) is 6.92 Å². The Kier molecular flexibility index (Phi) is 4.37. The standard InChI is InChI=1S/C15H15FN2O3/c1-10-3-5-13(16)11(7-10)9-17-14-8-12(18(19)20)4-6-15(14)21-2/h3-8,17H,9H2,1-2H3. The molecular weight excluding hydrogens is 275 g/mol. The van der Waals surface area contributed by atoms with E-state index in [1.54, 1.807) is 12.1 Å². The fourth-order valence-electron chi connectivity index (χ4n) is 1.98. The van der Waals surface area contributed by atoms with Gasteiger partial charge in [-0.1, -0.05) is 17.7 Å². The molecule has 0 aliphatic heterocycles. The SMILES string of the molecule is COc1ccc([N+](=O)[O-])cc1NCc1cc(C)ccc1F. The number of aryl methyl sites for hydroxylation is 1. The second-order valence-electron chi connectivity index (χ2n) is 4.59. The molecule has 0 radical (unpaired) electrons. The lowest BCUT2D eigenvalue weighted by Crippen LogP contribution is -2.04. The van der Waals surface area contributed by atoms with Crippen molar-refractivity contribution in [3.63, 3.8) is 0 Å². The van der Waals surface area contributed by atoms with Crippen LogP contribution in [0.4, 0.5) is 15.8 Å². The van der Waals surface area contributed by atoms with E-state index in [1.165, 1.54) is 31.4 Å². The first-order valence-electron chi connectivity index (χ1n) is 6.32. The highest BCUT2D eigenvalue weighted by Crippen LogP contribution is 2.29. The predicted octanol–water partition coefficient (Wildman–Crippen LogP) is 3.66. The molecule has 0 bridgehead atoms. The van der Waals surface area contributed by atoms with Gasteiger partial charge in [-0.15, -0.1) is 0 Å². The predicted molar refractivity (Wildman–Crippen MR) is 78.1 cm³/mol. The Morgan fingerprint density at radius 1 is 1.29 bits per heavy atom. The minimum absolute atomic E-state index is 0.0528. The van der Waals surface area contributed by atoms with Gasteiger partial charge in [0.05, 0.1) is 17.7 Å². The van der Waals surface area contributed by atoms with E-state index < -0.39 is 4.92 Å². The number of hydrogen-bond donors (Lipinski definition) is 1. The molecular formula is C15H15FN2O3. The summed E-state index contributed by atoms with van der Waals surface area (Å²) in [6, 6.07) is 9.05. The van der Waals surface area contributed by atoms with Gasteiger partial charge in [0.15, 0.2) is 0 Å². The summed E-state index contributed by atoms with van der Waals surface area (Å²) in [4.78, 5) is 10.3. The number of rotatable bonds is 5. The number of ether oxygens (including phenoxy) is 1. The van der Waals surface area contributed by atoms with Crippen molar-refractivity contribution in [2.75, 3.05) is 12.4 Å². The first-order chi connectivity index (χ1) is 10.0. The van der Waals surface area contributed by atoms with Gasteiger partial charge < -0.3 is 10.1 Å². The number of nitro groups is 1. The normalized spacial score (nSPS) is 10.2. The summed E-state index contributed by atoms with van der Waals surface area (Å²) in [5, 5.41) is 13.8. The highest BCUT2D eigenvalue weighted by atomic mass is 19.1. The summed E-state index contributed by atoms with van der Waals surface area (Å²) < 4.78 is 18.8. The Bertz CT molecular complexity index is 674. The van der Waals surface area contributed by atoms with Gasteiger partial charge in [0, 0.05) is 24.2 Å². The molecule has 0 saturated heterocycles. The van der Waals surface area contributed by atoms with Crippen LogP contribution in [0.25, 0.3) is 0 Å². The van der Waals surface area contributed by atoms with Crippen molar-refractivity contribution in [1.82, 2.24) is 0 Å². The van der Waals surface area contributed by atoms with Crippen molar-refractivity contribution in [3.8, 4) is 5.75 Å². The van der Waals surface area contributed by atoms with Crippen molar-refractivity contribution < 1.29 is 14.1 Å². The lowest BCUT2D eigenvalue weighted by molar-refractivity contribution is -0.384. The highest BCUT2D eigenvalue weighted by Gasteiger charge is 2.12. The molecule has 0 atom stereocenters. The Morgan fingerprint density at radius 2 is 2.05 bits per heavy atom. The third kappa shape index (κ3) is 3.47. The molecule has 0 aliphatic carbocycles. The van der Waals surface area contributed by atoms with Crippen molar-refractivity contribution in [1.29, 1.82) is 0 Å². The third-order valence-electron chi connectivity index (χ3n) is 3.06. The molecule has 6 heteroatoms. The summed E-state index contributed by atoms with van der Waals surface area (Å²) in [5.74, 6) is 0.145. The molecule has 0 unspecified atom stereocenters. The van der Waals surface area contributed by atoms with E-state index in [2.05, 4.69) is 5.32 Å². The molecule has 2 rings (SSSR count). The molecule has 0 fully saturated rings. The van der Waals surface area contributed by atoms with Crippen LogP contribution in [0.3, 0.4) is 0 Å². The number of halogens is 1. The van der Waals surface area contributed by atoms with E-state index in [9.17, 15) is 14.5 Å². The van der Waals surface area contributed by atoms with E-state index >= 15 is 0 Å². The van der Waals surface area contributed by atoms with Crippen LogP contribution < -0.4 is 10.1 Å². The largest absolute Gasteiger partial charge is 0.495 e. The molecule has 0 spiro atoms. The summed E-state index contributed by atoms with van der Waals surface area (Å²) >= 11 is 0. The fourth-order valence-corrected chi connectivity index (χ4v) is 1.98. The van der Waals surface area contributed by atoms with E-state index in [4.69, 9.17) is 4.74 Å². The fraction of sp³-hybridized carbons (Fsp3) is 0.200. The average Bonchev–Trinajstić information content (AvgIpc) is 2.47. The van der Waals surface area contributed by atoms with Crippen LogP contribution in [0.2, 0.25) is 0 Å². The Labute approximate surface area is 121 Å². The topological polar surface area (TPSA) is 64.4 Å². The highest BCUT2D eigenvalue weighted by molar-refractivity contribution is 5.61. The zero-order valence-electron chi connectivity index (χ0n) is 11.7. The zero-order valence-corrected chi connectivity index (χ0v) is 11.7. The molecule has 1 N–H and O–H groups in total. The molecule has 0 heterocycles.